The van der Waals surface area contributed by atoms with E-state index in [1.54, 1.807) is 0 Å². The maximum atomic E-state index is 6.06. The van der Waals surface area contributed by atoms with E-state index in [0.717, 1.165) is 18.8 Å². The van der Waals surface area contributed by atoms with Gasteiger partial charge in [-0.25, -0.2) is 0 Å². The molecule has 0 aliphatic carbocycles. The lowest BCUT2D eigenvalue weighted by atomic mass is 10.1. The molecule has 0 aliphatic heterocycles. The highest BCUT2D eigenvalue weighted by Gasteiger charge is 2.03. The number of ether oxygens (including phenoxy) is 1. The molecule has 136 valence electrons. The quantitative estimate of drug-likeness (QED) is 0.477. The first-order valence-corrected chi connectivity index (χ1v) is 9.76. The topological polar surface area (TPSA) is 21.3 Å². The molecule has 0 bridgehead atoms. The molecule has 0 spiro atoms. The summed E-state index contributed by atoms with van der Waals surface area (Å²) in [7, 11) is 0. The van der Waals surface area contributed by atoms with Crippen LogP contribution >= 0.6 is 0 Å². The Bertz CT molecular complexity index is 609. The first-order valence-electron chi connectivity index (χ1n) is 9.76. The predicted molar refractivity (Wildman–Crippen MR) is 107 cm³/mol. The highest BCUT2D eigenvalue weighted by atomic mass is 16.5. The van der Waals surface area contributed by atoms with Gasteiger partial charge in [-0.05, 0) is 31.5 Å². The van der Waals surface area contributed by atoms with Crippen molar-refractivity contribution in [2.24, 2.45) is 0 Å². The zero-order chi connectivity index (χ0) is 17.7. The number of nitrogens with one attached hydrogen (secondary N) is 1. The zero-order valence-electron chi connectivity index (χ0n) is 15.9. The summed E-state index contributed by atoms with van der Waals surface area (Å²) in [5, 5.41) is 3.56. The van der Waals surface area contributed by atoms with Crippen molar-refractivity contribution in [2.75, 3.05) is 6.54 Å². The van der Waals surface area contributed by atoms with Crippen molar-refractivity contribution >= 4 is 0 Å². The maximum absolute atomic E-state index is 6.06. The Hall–Kier alpha value is -1.80. The number of rotatable bonds is 12. The average molecular weight is 340 g/mol. The third-order valence-electron chi connectivity index (χ3n) is 4.47. The third kappa shape index (κ3) is 7.74. The van der Waals surface area contributed by atoms with Crippen LogP contribution < -0.4 is 10.1 Å². The van der Waals surface area contributed by atoms with Crippen molar-refractivity contribution in [3.63, 3.8) is 0 Å². The summed E-state index contributed by atoms with van der Waals surface area (Å²) in [5.74, 6) is 0.986. The lowest BCUT2D eigenvalue weighted by Gasteiger charge is -2.12. The van der Waals surface area contributed by atoms with Crippen LogP contribution in [0.4, 0.5) is 0 Å². The van der Waals surface area contributed by atoms with Gasteiger partial charge < -0.3 is 10.1 Å². The fourth-order valence-electron chi connectivity index (χ4n) is 3.01. The Balaban J connectivity index is 1.72. The van der Waals surface area contributed by atoms with Gasteiger partial charge in [-0.3, -0.25) is 0 Å². The van der Waals surface area contributed by atoms with E-state index >= 15 is 0 Å². The lowest BCUT2D eigenvalue weighted by molar-refractivity contribution is 0.302. The van der Waals surface area contributed by atoms with E-state index in [2.05, 4.69) is 61.6 Å². The van der Waals surface area contributed by atoms with E-state index < -0.39 is 0 Å². The van der Waals surface area contributed by atoms with Crippen LogP contribution in [0.2, 0.25) is 0 Å². The van der Waals surface area contributed by atoms with Gasteiger partial charge in [-0.2, -0.15) is 0 Å². The molecular weight excluding hydrogens is 306 g/mol. The second kappa shape index (κ2) is 11.7. The summed E-state index contributed by atoms with van der Waals surface area (Å²) in [6.07, 6.45) is 8.03. The predicted octanol–water partition coefficient (Wildman–Crippen LogP) is 6.02. The van der Waals surface area contributed by atoms with Crippen LogP contribution in [0.5, 0.6) is 5.75 Å². The molecule has 0 aromatic heterocycles. The van der Waals surface area contributed by atoms with Gasteiger partial charge in [0.25, 0.3) is 0 Å². The Morgan fingerprint density at radius 3 is 2.52 bits per heavy atom. The van der Waals surface area contributed by atoms with Gasteiger partial charge >= 0.3 is 0 Å². The molecule has 2 heteroatoms. The number of aryl methyl sites for hydroxylation is 1. The van der Waals surface area contributed by atoms with Crippen molar-refractivity contribution in [2.45, 2.75) is 65.5 Å². The average Bonchev–Trinajstić information content (AvgIpc) is 2.63. The van der Waals surface area contributed by atoms with Crippen LogP contribution in [0, 0.1) is 6.92 Å². The summed E-state index contributed by atoms with van der Waals surface area (Å²) >= 11 is 0. The molecule has 2 aromatic rings. The number of para-hydroxylation sites is 1. The largest absolute Gasteiger partial charge is 0.489 e. The Kier molecular flexibility index (Phi) is 9.14. The van der Waals surface area contributed by atoms with Gasteiger partial charge in [-0.1, -0.05) is 87.1 Å². The minimum Gasteiger partial charge on any atom is -0.489 e. The maximum Gasteiger partial charge on any atom is 0.124 e. The molecule has 0 aliphatic rings. The van der Waals surface area contributed by atoms with E-state index in [0.29, 0.717) is 6.61 Å². The van der Waals surface area contributed by atoms with E-state index in [1.807, 2.05) is 6.07 Å². The second-order valence-electron chi connectivity index (χ2n) is 6.83. The van der Waals surface area contributed by atoms with E-state index in [1.165, 1.54) is 55.2 Å². The SMILES string of the molecule is CCCCCCCCNCc1ccccc1OCc1cccc(C)c1. The smallest absolute Gasteiger partial charge is 0.124 e. The molecule has 25 heavy (non-hydrogen) atoms. The van der Waals surface area contributed by atoms with Crippen molar-refractivity contribution < 1.29 is 4.74 Å². The van der Waals surface area contributed by atoms with Crippen LogP contribution in [-0.4, -0.2) is 6.54 Å². The molecule has 2 aromatic carbocycles. The van der Waals surface area contributed by atoms with Gasteiger partial charge in [0.15, 0.2) is 0 Å². The normalized spacial score (nSPS) is 10.8. The Morgan fingerprint density at radius 1 is 0.880 bits per heavy atom. The fourth-order valence-corrected chi connectivity index (χ4v) is 3.01. The molecule has 1 N–H and O–H groups in total. The van der Waals surface area contributed by atoms with E-state index in [-0.39, 0.29) is 0 Å². The molecule has 0 fully saturated rings. The highest BCUT2D eigenvalue weighted by molar-refractivity contribution is 5.33. The third-order valence-corrected chi connectivity index (χ3v) is 4.47. The summed E-state index contributed by atoms with van der Waals surface area (Å²) in [6, 6.07) is 16.8. The number of hydrogen-bond acceptors (Lipinski definition) is 2. The second-order valence-corrected chi connectivity index (χ2v) is 6.83. The van der Waals surface area contributed by atoms with E-state index in [9.17, 15) is 0 Å². The zero-order valence-corrected chi connectivity index (χ0v) is 15.9. The number of benzene rings is 2. The lowest BCUT2D eigenvalue weighted by Crippen LogP contribution is -2.15. The first-order chi connectivity index (χ1) is 12.3. The summed E-state index contributed by atoms with van der Waals surface area (Å²) in [4.78, 5) is 0. The minimum atomic E-state index is 0.621. The molecule has 0 radical (unpaired) electrons. The molecule has 2 nitrogen and oxygen atoms in total. The van der Waals surface area contributed by atoms with Gasteiger partial charge in [0.1, 0.15) is 12.4 Å². The van der Waals surface area contributed by atoms with Crippen LogP contribution in [0.15, 0.2) is 48.5 Å². The first kappa shape index (κ1) is 19.5. The Labute approximate surface area is 153 Å². The van der Waals surface area contributed by atoms with Crippen molar-refractivity contribution in [3.05, 3.63) is 65.2 Å². The molecule has 0 heterocycles. The monoisotopic (exact) mass is 339 g/mol. The van der Waals surface area contributed by atoms with Crippen molar-refractivity contribution in [1.82, 2.24) is 5.32 Å². The standard InChI is InChI=1S/C23H33NO/c1-3-4-5-6-7-10-16-24-18-22-14-8-9-15-23(22)25-19-21-13-11-12-20(2)17-21/h8-9,11-15,17,24H,3-7,10,16,18-19H2,1-2H3. The van der Waals surface area contributed by atoms with E-state index in [4.69, 9.17) is 4.74 Å². The molecule has 0 atom stereocenters. The van der Waals surface area contributed by atoms with Gasteiger partial charge in [0, 0.05) is 12.1 Å². The van der Waals surface area contributed by atoms with Crippen LogP contribution in [-0.2, 0) is 13.2 Å². The van der Waals surface area contributed by atoms with Crippen LogP contribution in [0.3, 0.4) is 0 Å². The van der Waals surface area contributed by atoms with Gasteiger partial charge in [-0.15, -0.1) is 0 Å². The molecule has 0 saturated carbocycles. The van der Waals surface area contributed by atoms with Crippen LogP contribution in [0.1, 0.15) is 62.1 Å². The molecule has 0 amide bonds. The highest BCUT2D eigenvalue weighted by Crippen LogP contribution is 2.19. The van der Waals surface area contributed by atoms with Crippen LogP contribution in [0.25, 0.3) is 0 Å². The molecule has 2 rings (SSSR count). The number of hydrogen-bond donors (Lipinski definition) is 1. The molecular formula is C23H33NO. The molecule has 0 saturated heterocycles. The summed E-state index contributed by atoms with van der Waals surface area (Å²) < 4.78 is 6.06. The fraction of sp³-hybridized carbons (Fsp3) is 0.478. The molecule has 0 unspecified atom stereocenters. The summed E-state index contributed by atoms with van der Waals surface area (Å²) in [5.41, 5.74) is 3.73. The van der Waals surface area contributed by atoms with Crippen molar-refractivity contribution in [1.29, 1.82) is 0 Å². The van der Waals surface area contributed by atoms with Crippen molar-refractivity contribution in [3.8, 4) is 5.75 Å². The summed E-state index contributed by atoms with van der Waals surface area (Å²) in [6.45, 7) is 6.96. The number of unbranched alkanes of at least 4 members (excludes halogenated alkanes) is 5. The Morgan fingerprint density at radius 2 is 1.68 bits per heavy atom. The van der Waals surface area contributed by atoms with Gasteiger partial charge in [0.05, 0.1) is 0 Å². The minimum absolute atomic E-state index is 0.621. The van der Waals surface area contributed by atoms with Gasteiger partial charge in [0.2, 0.25) is 0 Å².